The molecule has 2 heterocycles. The van der Waals surface area contributed by atoms with Crippen LogP contribution < -0.4 is 10.2 Å². The lowest BCUT2D eigenvalue weighted by Crippen LogP contribution is -2.47. The Morgan fingerprint density at radius 1 is 1.30 bits per heavy atom. The van der Waals surface area contributed by atoms with Crippen molar-refractivity contribution in [2.24, 2.45) is 11.8 Å². The van der Waals surface area contributed by atoms with E-state index in [2.05, 4.69) is 5.32 Å². The molecule has 0 spiro atoms. The van der Waals surface area contributed by atoms with Crippen LogP contribution in [0.25, 0.3) is 0 Å². The van der Waals surface area contributed by atoms with Gasteiger partial charge in [0.05, 0.1) is 5.92 Å². The molecular weight excluding hydrogens is 256 g/mol. The third-order valence-corrected chi connectivity index (χ3v) is 4.33. The van der Waals surface area contributed by atoms with Gasteiger partial charge in [-0.2, -0.15) is 0 Å². The minimum atomic E-state index is -0.937. The van der Waals surface area contributed by atoms with Crippen molar-refractivity contribution in [3.05, 3.63) is 29.8 Å². The second kappa shape index (κ2) is 4.90. The van der Waals surface area contributed by atoms with E-state index in [0.717, 1.165) is 17.8 Å². The fraction of sp³-hybridized carbons (Fsp3) is 0.467. The van der Waals surface area contributed by atoms with E-state index in [1.165, 1.54) is 4.90 Å². The summed E-state index contributed by atoms with van der Waals surface area (Å²) in [6.07, 6.45) is 0.395. The van der Waals surface area contributed by atoms with Crippen molar-refractivity contribution < 1.29 is 14.7 Å². The number of anilines is 1. The van der Waals surface area contributed by atoms with Crippen LogP contribution in [0, 0.1) is 11.8 Å². The zero-order valence-corrected chi connectivity index (χ0v) is 11.4. The van der Waals surface area contributed by atoms with Crippen LogP contribution in [0.2, 0.25) is 0 Å². The topological polar surface area (TPSA) is 69.6 Å². The number of rotatable bonds is 2. The molecule has 2 aliphatic heterocycles. The Balaban J connectivity index is 1.96. The molecular formula is C15H18N2O3. The Bertz CT molecular complexity index is 558. The normalized spacial score (nSPS) is 28.4. The fourth-order valence-electron chi connectivity index (χ4n) is 3.18. The van der Waals surface area contributed by atoms with E-state index < -0.39 is 12.0 Å². The van der Waals surface area contributed by atoms with Crippen LogP contribution in [-0.4, -0.2) is 36.1 Å². The minimum absolute atomic E-state index is 0.0696. The van der Waals surface area contributed by atoms with E-state index in [9.17, 15) is 14.7 Å². The average Bonchev–Trinajstić information content (AvgIpc) is 3.01. The van der Waals surface area contributed by atoms with Crippen molar-refractivity contribution >= 4 is 17.6 Å². The lowest BCUT2D eigenvalue weighted by Gasteiger charge is -2.27. The van der Waals surface area contributed by atoms with Gasteiger partial charge in [-0.3, -0.25) is 9.69 Å². The number of aliphatic carboxylic acids is 1. The van der Waals surface area contributed by atoms with Crippen molar-refractivity contribution in [2.45, 2.75) is 19.4 Å². The SMILES string of the molecule is C[C@@H]1CNC[C@H]1C(=O)N1c2ccccc2C[C@H]1C(=O)O. The summed E-state index contributed by atoms with van der Waals surface area (Å²) in [6, 6.07) is 6.69. The second-order valence-corrected chi connectivity index (χ2v) is 5.64. The smallest absolute Gasteiger partial charge is 0.327 e. The maximum absolute atomic E-state index is 12.8. The molecule has 2 N–H and O–H groups in total. The zero-order valence-electron chi connectivity index (χ0n) is 11.4. The van der Waals surface area contributed by atoms with E-state index in [-0.39, 0.29) is 17.7 Å². The Morgan fingerprint density at radius 3 is 2.70 bits per heavy atom. The first-order valence-electron chi connectivity index (χ1n) is 6.94. The third kappa shape index (κ3) is 1.98. The number of hydrogen-bond acceptors (Lipinski definition) is 3. The number of para-hydroxylation sites is 1. The Labute approximate surface area is 117 Å². The van der Waals surface area contributed by atoms with Gasteiger partial charge in [-0.1, -0.05) is 25.1 Å². The molecule has 0 bridgehead atoms. The van der Waals surface area contributed by atoms with Crippen molar-refractivity contribution in [3.8, 4) is 0 Å². The predicted octanol–water partition coefficient (Wildman–Crippen LogP) is 0.884. The monoisotopic (exact) mass is 274 g/mol. The summed E-state index contributed by atoms with van der Waals surface area (Å²) in [4.78, 5) is 25.7. The fourth-order valence-corrected chi connectivity index (χ4v) is 3.18. The molecule has 106 valence electrons. The van der Waals surface area contributed by atoms with E-state index in [1.807, 2.05) is 31.2 Å². The molecule has 5 nitrogen and oxygen atoms in total. The predicted molar refractivity (Wildman–Crippen MR) is 74.6 cm³/mol. The first-order valence-corrected chi connectivity index (χ1v) is 6.94. The third-order valence-electron chi connectivity index (χ3n) is 4.33. The molecule has 5 heteroatoms. The molecule has 2 aliphatic rings. The molecule has 3 atom stereocenters. The molecule has 0 aromatic heterocycles. The van der Waals surface area contributed by atoms with Crippen LogP contribution >= 0.6 is 0 Å². The van der Waals surface area contributed by atoms with Crippen LogP contribution in [0.15, 0.2) is 24.3 Å². The number of fused-ring (bicyclic) bond motifs is 1. The summed E-state index contributed by atoms with van der Waals surface area (Å²) in [5.41, 5.74) is 1.69. The van der Waals surface area contributed by atoms with Gasteiger partial charge in [0.2, 0.25) is 5.91 Å². The molecule has 20 heavy (non-hydrogen) atoms. The van der Waals surface area contributed by atoms with Gasteiger partial charge in [0.1, 0.15) is 6.04 Å². The molecule has 0 unspecified atom stereocenters. The molecule has 1 amide bonds. The van der Waals surface area contributed by atoms with Gasteiger partial charge >= 0.3 is 5.97 Å². The van der Waals surface area contributed by atoms with Gasteiger partial charge in [-0.15, -0.1) is 0 Å². The van der Waals surface area contributed by atoms with E-state index >= 15 is 0 Å². The molecule has 1 fully saturated rings. The number of nitrogens with zero attached hydrogens (tertiary/aromatic N) is 1. The summed E-state index contributed by atoms with van der Waals surface area (Å²) in [5.74, 6) is -0.902. The summed E-state index contributed by atoms with van der Waals surface area (Å²) in [7, 11) is 0. The van der Waals surface area contributed by atoms with Gasteiger partial charge in [0, 0.05) is 18.7 Å². The molecule has 1 saturated heterocycles. The van der Waals surface area contributed by atoms with Crippen molar-refractivity contribution in [1.29, 1.82) is 0 Å². The average molecular weight is 274 g/mol. The highest BCUT2D eigenvalue weighted by Crippen LogP contribution is 2.34. The van der Waals surface area contributed by atoms with Gasteiger partial charge in [0.25, 0.3) is 0 Å². The number of carbonyl (C=O) groups excluding carboxylic acids is 1. The first-order chi connectivity index (χ1) is 9.59. The van der Waals surface area contributed by atoms with E-state index in [1.54, 1.807) is 0 Å². The van der Waals surface area contributed by atoms with E-state index in [4.69, 9.17) is 0 Å². The van der Waals surface area contributed by atoms with Gasteiger partial charge in [-0.25, -0.2) is 4.79 Å². The lowest BCUT2D eigenvalue weighted by molar-refractivity contribution is -0.140. The largest absolute Gasteiger partial charge is 0.480 e. The molecule has 0 aliphatic carbocycles. The van der Waals surface area contributed by atoms with Crippen LogP contribution in [0.4, 0.5) is 5.69 Å². The molecule has 0 radical (unpaired) electrons. The van der Waals surface area contributed by atoms with Crippen LogP contribution in [0.3, 0.4) is 0 Å². The highest BCUT2D eigenvalue weighted by molar-refractivity contribution is 6.03. The minimum Gasteiger partial charge on any atom is -0.480 e. The molecule has 1 aromatic rings. The van der Waals surface area contributed by atoms with Crippen LogP contribution in [0.1, 0.15) is 12.5 Å². The van der Waals surface area contributed by atoms with Gasteiger partial charge in [0.15, 0.2) is 0 Å². The maximum Gasteiger partial charge on any atom is 0.327 e. The molecule has 1 aromatic carbocycles. The summed E-state index contributed by atoms with van der Waals surface area (Å²) in [6.45, 7) is 3.47. The highest BCUT2D eigenvalue weighted by Gasteiger charge is 2.42. The van der Waals surface area contributed by atoms with Gasteiger partial charge in [-0.05, 0) is 24.1 Å². The second-order valence-electron chi connectivity index (χ2n) is 5.64. The Kier molecular flexibility index (Phi) is 3.22. The van der Waals surface area contributed by atoms with Crippen LogP contribution in [-0.2, 0) is 16.0 Å². The first kappa shape index (κ1) is 13.1. The maximum atomic E-state index is 12.8. The van der Waals surface area contributed by atoms with Crippen molar-refractivity contribution in [3.63, 3.8) is 0 Å². The number of amides is 1. The number of carboxylic acids is 1. The van der Waals surface area contributed by atoms with Crippen molar-refractivity contribution in [2.75, 3.05) is 18.0 Å². The number of hydrogen-bond donors (Lipinski definition) is 2. The van der Waals surface area contributed by atoms with Gasteiger partial charge < -0.3 is 10.4 Å². The van der Waals surface area contributed by atoms with E-state index in [0.29, 0.717) is 13.0 Å². The standard InChI is InChI=1S/C15H18N2O3/c1-9-7-16-8-11(9)14(18)17-12-5-3-2-4-10(12)6-13(17)15(19)20/h2-5,9,11,13,16H,6-8H2,1H3,(H,19,20)/t9-,11-,13+/m1/s1. The molecule has 0 saturated carbocycles. The Hall–Kier alpha value is -1.88. The number of carbonyl (C=O) groups is 2. The summed E-state index contributed by atoms with van der Waals surface area (Å²) in [5, 5.41) is 12.6. The highest BCUT2D eigenvalue weighted by atomic mass is 16.4. The summed E-state index contributed by atoms with van der Waals surface area (Å²) >= 11 is 0. The lowest BCUT2D eigenvalue weighted by atomic mass is 9.96. The summed E-state index contributed by atoms with van der Waals surface area (Å²) < 4.78 is 0. The quantitative estimate of drug-likeness (QED) is 0.840. The molecule has 3 rings (SSSR count). The number of nitrogens with one attached hydrogen (secondary N) is 1. The number of benzene rings is 1. The zero-order chi connectivity index (χ0) is 14.3. The van der Waals surface area contributed by atoms with Crippen molar-refractivity contribution in [1.82, 2.24) is 5.32 Å². The Morgan fingerprint density at radius 2 is 2.05 bits per heavy atom. The number of carboxylic acid groups (broad SMARTS) is 1. The van der Waals surface area contributed by atoms with Crippen LogP contribution in [0.5, 0.6) is 0 Å².